The average Bonchev–Trinajstić information content (AvgIpc) is 2.98. The maximum atomic E-state index is 12.4. The molecule has 3 rings (SSSR count). The molecule has 1 aliphatic rings. The third kappa shape index (κ3) is 2.28. The van der Waals surface area contributed by atoms with Crippen molar-refractivity contribution in [1.29, 1.82) is 0 Å². The summed E-state index contributed by atoms with van der Waals surface area (Å²) in [4.78, 5) is 12.3. The molecule has 1 amide bonds. The van der Waals surface area contributed by atoms with Crippen molar-refractivity contribution in [2.24, 2.45) is 0 Å². The molecule has 0 unspecified atom stereocenters. The maximum absolute atomic E-state index is 12.4. The fraction of sp³-hybridized carbons (Fsp3) is 0.250. The minimum absolute atomic E-state index is 0.0476. The van der Waals surface area contributed by atoms with Crippen LogP contribution in [0.4, 0.5) is 5.13 Å². The van der Waals surface area contributed by atoms with E-state index in [0.29, 0.717) is 16.7 Å². The lowest BCUT2D eigenvalue weighted by Crippen LogP contribution is -2.29. The van der Waals surface area contributed by atoms with Gasteiger partial charge in [0.2, 0.25) is 5.13 Å². The number of benzene rings is 1. The molecule has 0 fully saturated rings. The molecule has 1 aromatic heterocycles. The first-order valence-electron chi connectivity index (χ1n) is 6.26. The molecule has 0 aliphatic carbocycles. The van der Waals surface area contributed by atoms with Crippen LogP contribution in [0.1, 0.15) is 22.3 Å². The van der Waals surface area contributed by atoms with Gasteiger partial charge in [-0.1, -0.05) is 23.5 Å². The van der Waals surface area contributed by atoms with Gasteiger partial charge in [-0.3, -0.25) is 4.79 Å². The summed E-state index contributed by atoms with van der Waals surface area (Å²) < 4.78 is 25.6. The number of nitrogens with zero attached hydrogens (tertiary/aromatic N) is 3. The van der Waals surface area contributed by atoms with Crippen LogP contribution in [0.25, 0.3) is 0 Å². The molecule has 0 bridgehead atoms. The molecule has 0 spiro atoms. The first kappa shape index (κ1) is 14.0. The minimum atomic E-state index is -3.79. The van der Waals surface area contributed by atoms with Gasteiger partial charge >= 0.3 is 0 Å². The first-order valence-corrected chi connectivity index (χ1v) is 8.52. The van der Waals surface area contributed by atoms with Crippen molar-refractivity contribution in [3.8, 4) is 0 Å². The van der Waals surface area contributed by atoms with E-state index in [1.165, 1.54) is 23.5 Å². The molecule has 9 heteroatoms. The Morgan fingerprint density at radius 2 is 2.05 bits per heavy atom. The van der Waals surface area contributed by atoms with Crippen LogP contribution in [-0.4, -0.2) is 35.4 Å². The Hall–Kier alpha value is -2.00. The molecule has 7 nitrogen and oxygen atoms in total. The second kappa shape index (κ2) is 5.08. The summed E-state index contributed by atoms with van der Waals surface area (Å²) >= 11 is 1.23. The highest BCUT2D eigenvalue weighted by atomic mass is 32.2. The van der Waals surface area contributed by atoms with E-state index in [9.17, 15) is 13.2 Å². The quantitative estimate of drug-likeness (QED) is 0.912. The zero-order valence-electron chi connectivity index (χ0n) is 11.1. The van der Waals surface area contributed by atoms with E-state index in [-0.39, 0.29) is 17.0 Å². The Morgan fingerprint density at radius 1 is 1.29 bits per heavy atom. The van der Waals surface area contributed by atoms with Gasteiger partial charge in [0.1, 0.15) is 9.90 Å². The Labute approximate surface area is 125 Å². The topological polar surface area (TPSA) is 92.3 Å². The van der Waals surface area contributed by atoms with Crippen LogP contribution < -0.4 is 5.32 Å². The summed E-state index contributed by atoms with van der Waals surface area (Å²) in [5.74, 6) is -0.522. The van der Waals surface area contributed by atoms with Crippen LogP contribution in [0.15, 0.2) is 29.2 Å². The zero-order chi connectivity index (χ0) is 15.0. The summed E-state index contributed by atoms with van der Waals surface area (Å²) in [5.41, 5.74) is 0.203. The van der Waals surface area contributed by atoms with Crippen molar-refractivity contribution in [1.82, 2.24) is 14.5 Å². The molecule has 0 saturated carbocycles. The predicted molar refractivity (Wildman–Crippen MR) is 77.6 cm³/mol. The Balaban J connectivity index is 1.91. The van der Waals surface area contributed by atoms with E-state index in [0.717, 1.165) is 4.31 Å². The second-order valence-electron chi connectivity index (χ2n) is 4.34. The van der Waals surface area contributed by atoms with E-state index in [2.05, 4.69) is 15.5 Å². The summed E-state index contributed by atoms with van der Waals surface area (Å²) in [6, 6.07) is 6.19. The fourth-order valence-electron chi connectivity index (χ4n) is 2.05. The zero-order valence-corrected chi connectivity index (χ0v) is 12.7. The van der Waals surface area contributed by atoms with E-state index in [4.69, 9.17) is 0 Å². The lowest BCUT2D eigenvalue weighted by molar-refractivity contribution is 0.0864. The van der Waals surface area contributed by atoms with Gasteiger partial charge in [-0.2, -0.15) is 0 Å². The Kier molecular flexibility index (Phi) is 3.38. The van der Waals surface area contributed by atoms with Crippen LogP contribution >= 0.6 is 11.3 Å². The van der Waals surface area contributed by atoms with Crippen LogP contribution in [0.2, 0.25) is 0 Å². The molecule has 1 aliphatic heterocycles. The predicted octanol–water partition coefficient (Wildman–Crippen LogP) is 1.31. The van der Waals surface area contributed by atoms with Crippen molar-refractivity contribution >= 4 is 32.4 Å². The number of carbonyl (C=O) groups excluding carboxylic acids is 1. The second-order valence-corrected chi connectivity index (χ2v) is 7.24. The molecular formula is C12H12N4O3S2. The normalized spacial score (nSPS) is 16.0. The standard InChI is InChI=1S/C12H12N4O3S2/c1-2-13-12-15-14-10(20-12)7-16-11(17)8-5-3-4-6-9(8)21(16,18)19/h3-6H,2,7H2,1H3,(H,13,15). The molecule has 0 atom stereocenters. The van der Waals surface area contributed by atoms with Crippen molar-refractivity contribution in [2.45, 2.75) is 18.4 Å². The molecule has 2 aromatic rings. The summed E-state index contributed by atoms with van der Waals surface area (Å²) in [6.45, 7) is 2.52. The lowest BCUT2D eigenvalue weighted by atomic mass is 10.2. The van der Waals surface area contributed by atoms with Gasteiger partial charge in [0, 0.05) is 6.54 Å². The van der Waals surface area contributed by atoms with Crippen molar-refractivity contribution in [3.63, 3.8) is 0 Å². The smallest absolute Gasteiger partial charge is 0.269 e. The molecular weight excluding hydrogens is 312 g/mol. The van der Waals surface area contributed by atoms with Gasteiger partial charge in [-0.15, -0.1) is 10.2 Å². The lowest BCUT2D eigenvalue weighted by Gasteiger charge is -2.12. The molecule has 21 heavy (non-hydrogen) atoms. The van der Waals surface area contributed by atoms with Gasteiger partial charge in [-0.05, 0) is 19.1 Å². The number of hydrogen-bond donors (Lipinski definition) is 1. The molecule has 1 aromatic carbocycles. The van der Waals surface area contributed by atoms with Crippen LogP contribution in [0.3, 0.4) is 0 Å². The molecule has 110 valence electrons. The number of aromatic nitrogens is 2. The minimum Gasteiger partial charge on any atom is -0.360 e. The Morgan fingerprint density at radius 3 is 2.76 bits per heavy atom. The number of anilines is 1. The number of nitrogens with one attached hydrogen (secondary N) is 1. The third-order valence-corrected chi connectivity index (χ3v) is 5.64. The van der Waals surface area contributed by atoms with Gasteiger partial charge in [0.15, 0.2) is 0 Å². The highest BCUT2D eigenvalue weighted by molar-refractivity contribution is 7.90. The third-order valence-electron chi connectivity index (χ3n) is 2.99. The average molecular weight is 324 g/mol. The van der Waals surface area contributed by atoms with Crippen molar-refractivity contribution < 1.29 is 13.2 Å². The SMILES string of the molecule is CCNc1nnc(CN2C(=O)c3ccccc3S2(=O)=O)s1. The number of amides is 1. The largest absolute Gasteiger partial charge is 0.360 e. The fourth-order valence-corrected chi connectivity index (χ4v) is 4.46. The van der Waals surface area contributed by atoms with Crippen LogP contribution in [0.5, 0.6) is 0 Å². The highest BCUT2D eigenvalue weighted by Gasteiger charge is 2.41. The molecule has 0 radical (unpaired) electrons. The number of rotatable bonds is 4. The summed E-state index contributed by atoms with van der Waals surface area (Å²) in [7, 11) is -3.79. The van der Waals surface area contributed by atoms with Gasteiger partial charge in [-0.25, -0.2) is 12.7 Å². The van der Waals surface area contributed by atoms with E-state index < -0.39 is 15.9 Å². The maximum Gasteiger partial charge on any atom is 0.269 e. The van der Waals surface area contributed by atoms with Gasteiger partial charge in [0.25, 0.3) is 15.9 Å². The van der Waals surface area contributed by atoms with Gasteiger partial charge in [0.05, 0.1) is 12.1 Å². The first-order chi connectivity index (χ1) is 10.0. The number of fused-ring (bicyclic) bond motifs is 1. The number of hydrogen-bond acceptors (Lipinski definition) is 7. The molecule has 0 saturated heterocycles. The highest BCUT2D eigenvalue weighted by Crippen LogP contribution is 2.31. The molecule has 2 heterocycles. The van der Waals surface area contributed by atoms with Crippen LogP contribution in [-0.2, 0) is 16.6 Å². The van der Waals surface area contributed by atoms with Crippen LogP contribution in [0, 0.1) is 0 Å². The summed E-state index contributed by atoms with van der Waals surface area (Å²) in [6.07, 6.45) is 0. The van der Waals surface area contributed by atoms with E-state index in [1.54, 1.807) is 12.1 Å². The van der Waals surface area contributed by atoms with Crippen molar-refractivity contribution in [3.05, 3.63) is 34.8 Å². The number of sulfonamides is 1. The van der Waals surface area contributed by atoms with Crippen molar-refractivity contribution in [2.75, 3.05) is 11.9 Å². The molecule has 1 N–H and O–H groups in total. The number of carbonyl (C=O) groups is 1. The van der Waals surface area contributed by atoms with Gasteiger partial charge < -0.3 is 5.32 Å². The summed E-state index contributed by atoms with van der Waals surface area (Å²) in [5, 5.41) is 11.9. The monoisotopic (exact) mass is 324 g/mol. The van der Waals surface area contributed by atoms with E-state index >= 15 is 0 Å². The van der Waals surface area contributed by atoms with E-state index in [1.807, 2.05) is 6.92 Å². The Bertz CT molecular complexity index is 800.